The lowest BCUT2D eigenvalue weighted by atomic mass is 10.1. The van der Waals surface area contributed by atoms with E-state index < -0.39 is 11.7 Å². The van der Waals surface area contributed by atoms with Crippen molar-refractivity contribution in [2.45, 2.75) is 20.0 Å². The summed E-state index contributed by atoms with van der Waals surface area (Å²) in [7, 11) is 0. The van der Waals surface area contributed by atoms with Gasteiger partial charge in [0.15, 0.2) is 11.9 Å². The lowest BCUT2D eigenvalue weighted by Gasteiger charge is -2.03. The van der Waals surface area contributed by atoms with E-state index in [0.717, 1.165) is 18.0 Å². The first kappa shape index (κ1) is 9.03. The number of aromatic amines is 1. The van der Waals surface area contributed by atoms with Crippen molar-refractivity contribution in [3.63, 3.8) is 0 Å². The number of hydrogen-bond donors (Lipinski definition) is 0. The first-order chi connectivity index (χ1) is 5.41. The maximum atomic E-state index is 12.1. The maximum Gasteiger partial charge on any atom is 0.422 e. The number of hydrogen-bond acceptors (Lipinski definition) is 0. The van der Waals surface area contributed by atoms with E-state index in [1.807, 2.05) is 0 Å². The van der Waals surface area contributed by atoms with E-state index in [0.29, 0.717) is 5.56 Å². The Hall–Kier alpha value is -1.06. The van der Waals surface area contributed by atoms with Crippen LogP contribution in [-0.4, -0.2) is 0 Å². The largest absolute Gasteiger partial charge is 0.422 e. The quantitative estimate of drug-likeness (QED) is 0.575. The third-order valence-corrected chi connectivity index (χ3v) is 1.74. The van der Waals surface area contributed by atoms with Gasteiger partial charge in [-0.3, -0.25) is 0 Å². The van der Waals surface area contributed by atoms with Gasteiger partial charge in [-0.05, 0) is 13.0 Å². The van der Waals surface area contributed by atoms with Crippen molar-refractivity contribution in [3.05, 3.63) is 29.1 Å². The van der Waals surface area contributed by atoms with Crippen LogP contribution in [-0.2, 0) is 6.18 Å². The molecule has 0 saturated carbocycles. The number of rotatable bonds is 0. The highest BCUT2D eigenvalue weighted by Gasteiger charge is 2.33. The molecule has 0 spiro atoms. The summed E-state index contributed by atoms with van der Waals surface area (Å²) in [5.74, 6) is 0. The molecule has 0 unspecified atom stereocenters. The summed E-state index contributed by atoms with van der Waals surface area (Å²) in [5, 5.41) is 0. The molecule has 0 aliphatic rings. The minimum Gasteiger partial charge on any atom is -0.215 e. The third kappa shape index (κ3) is 1.75. The molecule has 1 heterocycles. The Balaban J connectivity index is 3.14. The molecule has 0 aliphatic carbocycles. The zero-order valence-electron chi connectivity index (χ0n) is 6.79. The van der Waals surface area contributed by atoms with Crippen molar-refractivity contribution in [2.24, 2.45) is 0 Å². The van der Waals surface area contributed by atoms with Crippen LogP contribution >= 0.6 is 0 Å². The summed E-state index contributed by atoms with van der Waals surface area (Å²) < 4.78 is 36.2. The van der Waals surface area contributed by atoms with Gasteiger partial charge in [0.2, 0.25) is 0 Å². The lowest BCUT2D eigenvalue weighted by molar-refractivity contribution is -0.391. The average molecular weight is 176 g/mol. The number of halogens is 3. The SMILES string of the molecule is Cc1cc(C(F)(F)F)c[nH+]c1C. The summed E-state index contributed by atoms with van der Waals surface area (Å²) in [6, 6.07) is 1.13. The van der Waals surface area contributed by atoms with E-state index >= 15 is 0 Å². The molecule has 1 nitrogen and oxygen atoms in total. The second-order valence-corrected chi connectivity index (χ2v) is 2.69. The van der Waals surface area contributed by atoms with E-state index in [4.69, 9.17) is 0 Å². The van der Waals surface area contributed by atoms with Gasteiger partial charge >= 0.3 is 6.18 Å². The Kier molecular flexibility index (Phi) is 2.08. The summed E-state index contributed by atoms with van der Waals surface area (Å²) >= 11 is 0. The Bertz CT molecular complexity index is 291. The van der Waals surface area contributed by atoms with Crippen LogP contribution in [0.4, 0.5) is 13.2 Å². The molecule has 1 N–H and O–H groups in total. The van der Waals surface area contributed by atoms with Crippen LogP contribution in [0.5, 0.6) is 0 Å². The monoisotopic (exact) mass is 176 g/mol. The van der Waals surface area contributed by atoms with Gasteiger partial charge in [-0.1, -0.05) is 0 Å². The second-order valence-electron chi connectivity index (χ2n) is 2.69. The van der Waals surface area contributed by atoms with Crippen LogP contribution in [0.15, 0.2) is 12.3 Å². The minimum atomic E-state index is -4.26. The molecule has 0 atom stereocenters. The van der Waals surface area contributed by atoms with Crippen molar-refractivity contribution < 1.29 is 18.2 Å². The Morgan fingerprint density at radius 3 is 2.25 bits per heavy atom. The Morgan fingerprint density at radius 1 is 1.25 bits per heavy atom. The molecule has 1 rings (SSSR count). The molecule has 0 bridgehead atoms. The van der Waals surface area contributed by atoms with E-state index in [1.54, 1.807) is 13.8 Å². The van der Waals surface area contributed by atoms with Crippen molar-refractivity contribution in [1.29, 1.82) is 0 Å². The van der Waals surface area contributed by atoms with Gasteiger partial charge < -0.3 is 0 Å². The van der Waals surface area contributed by atoms with E-state index in [9.17, 15) is 13.2 Å². The van der Waals surface area contributed by atoms with Crippen LogP contribution in [0.1, 0.15) is 16.8 Å². The van der Waals surface area contributed by atoms with Gasteiger partial charge in [-0.15, -0.1) is 0 Å². The van der Waals surface area contributed by atoms with Gasteiger partial charge in [-0.25, -0.2) is 4.98 Å². The number of nitrogens with one attached hydrogen (secondary N) is 1. The molecule has 0 aliphatic heterocycles. The van der Waals surface area contributed by atoms with Crippen molar-refractivity contribution in [2.75, 3.05) is 0 Å². The maximum absolute atomic E-state index is 12.1. The van der Waals surface area contributed by atoms with Gasteiger partial charge in [0.25, 0.3) is 0 Å². The summed E-state index contributed by atoms with van der Waals surface area (Å²) in [6.45, 7) is 3.37. The fourth-order valence-corrected chi connectivity index (χ4v) is 0.847. The third-order valence-electron chi connectivity index (χ3n) is 1.74. The molecule has 0 amide bonds. The second kappa shape index (κ2) is 2.77. The van der Waals surface area contributed by atoms with Crippen LogP contribution < -0.4 is 4.98 Å². The summed E-state index contributed by atoms with van der Waals surface area (Å²) in [5.41, 5.74) is 0.735. The zero-order valence-corrected chi connectivity index (χ0v) is 6.79. The van der Waals surface area contributed by atoms with Crippen molar-refractivity contribution >= 4 is 0 Å². The fraction of sp³-hybridized carbons (Fsp3) is 0.375. The summed E-state index contributed by atoms with van der Waals surface area (Å²) in [4.78, 5) is 2.55. The predicted octanol–water partition coefficient (Wildman–Crippen LogP) is 2.14. The lowest BCUT2D eigenvalue weighted by Crippen LogP contribution is -2.15. The normalized spacial score (nSPS) is 11.8. The Labute approximate surface area is 68.2 Å². The van der Waals surface area contributed by atoms with Crippen molar-refractivity contribution in [1.82, 2.24) is 0 Å². The minimum absolute atomic E-state index is 0.616. The van der Waals surface area contributed by atoms with Gasteiger partial charge in [-0.2, -0.15) is 13.2 Å². The van der Waals surface area contributed by atoms with Crippen LogP contribution in [0, 0.1) is 13.8 Å². The zero-order chi connectivity index (χ0) is 9.35. The standard InChI is InChI=1S/C8H8F3N/c1-5-3-7(8(9,10)11)4-12-6(5)2/h3-4H,1-2H3/p+1. The molecule has 4 heteroatoms. The molecule has 12 heavy (non-hydrogen) atoms. The summed E-state index contributed by atoms with van der Waals surface area (Å²) in [6.07, 6.45) is -3.28. The average Bonchev–Trinajstić information content (AvgIpc) is 1.92. The smallest absolute Gasteiger partial charge is 0.215 e. The first-order valence-electron chi connectivity index (χ1n) is 3.47. The number of H-pyrrole nitrogens is 1. The van der Waals surface area contributed by atoms with Gasteiger partial charge in [0.1, 0.15) is 5.56 Å². The molecule has 66 valence electrons. The fourth-order valence-electron chi connectivity index (χ4n) is 0.847. The molecule has 1 aromatic rings. The Morgan fingerprint density at radius 2 is 1.83 bits per heavy atom. The number of aromatic nitrogens is 1. The van der Waals surface area contributed by atoms with E-state index in [-0.39, 0.29) is 0 Å². The molecule has 0 saturated heterocycles. The molecular weight excluding hydrogens is 167 g/mol. The van der Waals surface area contributed by atoms with Gasteiger partial charge in [0.05, 0.1) is 0 Å². The topological polar surface area (TPSA) is 14.1 Å². The van der Waals surface area contributed by atoms with Crippen LogP contribution in [0.25, 0.3) is 0 Å². The number of alkyl halides is 3. The van der Waals surface area contributed by atoms with Gasteiger partial charge in [0, 0.05) is 12.5 Å². The highest BCUT2D eigenvalue weighted by atomic mass is 19.4. The highest BCUT2D eigenvalue weighted by Crippen LogP contribution is 2.28. The van der Waals surface area contributed by atoms with Crippen molar-refractivity contribution in [3.8, 4) is 0 Å². The molecule has 0 fully saturated rings. The van der Waals surface area contributed by atoms with E-state index in [2.05, 4.69) is 4.98 Å². The molecule has 0 radical (unpaired) electrons. The highest BCUT2D eigenvalue weighted by molar-refractivity contribution is 5.20. The number of aryl methyl sites for hydroxylation is 2. The first-order valence-corrected chi connectivity index (χ1v) is 3.47. The number of pyridine rings is 1. The van der Waals surface area contributed by atoms with Crippen LogP contribution in [0.2, 0.25) is 0 Å². The molecular formula is C8H9F3N+. The van der Waals surface area contributed by atoms with Crippen LogP contribution in [0.3, 0.4) is 0 Å². The van der Waals surface area contributed by atoms with E-state index in [1.165, 1.54) is 0 Å². The predicted molar refractivity (Wildman–Crippen MR) is 37.5 cm³/mol. The molecule has 1 aromatic heterocycles. The molecule has 0 aromatic carbocycles.